The third-order valence-corrected chi connectivity index (χ3v) is 2.91. The molecule has 0 aliphatic carbocycles. The fraction of sp³-hybridized carbons (Fsp3) is 0.455. The molecule has 1 rings (SSSR count). The van der Waals surface area contributed by atoms with Crippen molar-refractivity contribution in [1.29, 1.82) is 0 Å². The highest BCUT2D eigenvalue weighted by Crippen LogP contribution is 2.30. The summed E-state index contributed by atoms with van der Waals surface area (Å²) in [4.78, 5) is 2.03. The van der Waals surface area contributed by atoms with Crippen LogP contribution in [0.25, 0.3) is 0 Å². The average molecular weight is 248 g/mol. The molecule has 15 heavy (non-hydrogen) atoms. The van der Waals surface area contributed by atoms with Crippen molar-refractivity contribution in [3.63, 3.8) is 0 Å². The molecule has 1 N–H and O–H groups in total. The van der Waals surface area contributed by atoms with Gasteiger partial charge >= 0.3 is 0 Å². The summed E-state index contributed by atoms with van der Waals surface area (Å²) in [6.45, 7) is 0.141. The number of nitrogens with zero attached hydrogens (tertiary/aromatic N) is 1. The maximum Gasteiger partial charge on any atom is 0.0468 e. The molecule has 1 unspecified atom stereocenters. The van der Waals surface area contributed by atoms with Crippen LogP contribution in [0, 0.1) is 0 Å². The largest absolute Gasteiger partial charge is 0.396 e. The Morgan fingerprint density at radius 2 is 2.00 bits per heavy atom. The Balaban J connectivity index is 3.00. The predicted molar refractivity (Wildman–Crippen MR) is 64.6 cm³/mol. The first-order chi connectivity index (χ1) is 7.06. The number of hydrogen-bond acceptors (Lipinski definition) is 2. The minimum atomic E-state index is 0.125. The summed E-state index contributed by atoms with van der Waals surface area (Å²) in [7, 11) is 3.93. The molecule has 0 saturated carbocycles. The Kier molecular flexibility index (Phi) is 4.87. The van der Waals surface area contributed by atoms with Gasteiger partial charge in [0.25, 0.3) is 0 Å². The maximum absolute atomic E-state index is 9.00. The van der Waals surface area contributed by atoms with Crippen LogP contribution in [-0.4, -0.2) is 30.7 Å². The minimum absolute atomic E-state index is 0.125. The van der Waals surface area contributed by atoms with Crippen LogP contribution in [0.4, 0.5) is 0 Å². The molecule has 1 atom stereocenters. The summed E-state index contributed by atoms with van der Waals surface area (Å²) in [5, 5.41) is 10.3. The van der Waals surface area contributed by atoms with Crippen LogP contribution in [0.5, 0.6) is 0 Å². The fourth-order valence-electron chi connectivity index (χ4n) is 1.59. The maximum atomic E-state index is 9.00. The van der Waals surface area contributed by atoms with E-state index in [4.69, 9.17) is 28.3 Å². The summed E-state index contributed by atoms with van der Waals surface area (Å²) < 4.78 is 0. The zero-order valence-electron chi connectivity index (χ0n) is 8.87. The van der Waals surface area contributed by atoms with Crippen LogP contribution in [0.1, 0.15) is 18.0 Å². The smallest absolute Gasteiger partial charge is 0.0468 e. The topological polar surface area (TPSA) is 23.5 Å². The van der Waals surface area contributed by atoms with Gasteiger partial charge in [0, 0.05) is 22.7 Å². The highest BCUT2D eigenvalue weighted by molar-refractivity contribution is 6.35. The molecule has 84 valence electrons. The summed E-state index contributed by atoms with van der Waals surface area (Å²) in [5.41, 5.74) is 1.00. The van der Waals surface area contributed by atoms with Crippen molar-refractivity contribution in [2.24, 2.45) is 0 Å². The Morgan fingerprint density at radius 1 is 1.33 bits per heavy atom. The van der Waals surface area contributed by atoms with Crippen LogP contribution in [0.15, 0.2) is 18.2 Å². The van der Waals surface area contributed by atoms with E-state index in [0.29, 0.717) is 16.5 Å². The van der Waals surface area contributed by atoms with E-state index in [-0.39, 0.29) is 12.6 Å². The highest BCUT2D eigenvalue weighted by Gasteiger charge is 2.16. The van der Waals surface area contributed by atoms with E-state index in [2.05, 4.69) is 0 Å². The number of aliphatic hydroxyl groups is 1. The minimum Gasteiger partial charge on any atom is -0.396 e. The molecule has 1 aromatic rings. The number of hydrogen-bond donors (Lipinski definition) is 1. The van der Waals surface area contributed by atoms with E-state index in [9.17, 15) is 0 Å². The molecule has 4 heteroatoms. The zero-order valence-corrected chi connectivity index (χ0v) is 10.4. The lowest BCUT2D eigenvalue weighted by Gasteiger charge is -2.25. The molecule has 0 aromatic heterocycles. The molecular formula is C11H15Cl2NO. The number of halogens is 2. The number of rotatable bonds is 4. The van der Waals surface area contributed by atoms with E-state index in [1.807, 2.05) is 31.1 Å². The third-order valence-electron chi connectivity index (χ3n) is 2.35. The molecular weight excluding hydrogens is 233 g/mol. The second-order valence-electron chi connectivity index (χ2n) is 3.66. The molecule has 0 fully saturated rings. The summed E-state index contributed by atoms with van der Waals surface area (Å²) >= 11 is 11.9. The van der Waals surface area contributed by atoms with Crippen molar-refractivity contribution in [3.8, 4) is 0 Å². The molecule has 0 heterocycles. The van der Waals surface area contributed by atoms with Crippen LogP contribution in [-0.2, 0) is 0 Å². The molecule has 2 nitrogen and oxygen atoms in total. The molecule has 0 radical (unpaired) electrons. The molecule has 0 saturated heterocycles. The van der Waals surface area contributed by atoms with Gasteiger partial charge in [0.2, 0.25) is 0 Å². The standard InChI is InChI=1S/C11H15Cl2NO/c1-14(2)11(5-6-15)9-4-3-8(12)7-10(9)13/h3-4,7,11,15H,5-6H2,1-2H3. The van der Waals surface area contributed by atoms with E-state index in [1.165, 1.54) is 0 Å². The first-order valence-corrected chi connectivity index (χ1v) is 5.54. The lowest BCUT2D eigenvalue weighted by molar-refractivity contribution is 0.211. The first kappa shape index (κ1) is 12.8. The van der Waals surface area contributed by atoms with Crippen molar-refractivity contribution in [1.82, 2.24) is 4.90 Å². The van der Waals surface area contributed by atoms with Crippen LogP contribution in [0.3, 0.4) is 0 Å². The molecule has 0 bridgehead atoms. The second-order valence-corrected chi connectivity index (χ2v) is 4.50. The van der Waals surface area contributed by atoms with Gasteiger partial charge in [0.05, 0.1) is 0 Å². The molecule has 0 aliphatic rings. The van der Waals surface area contributed by atoms with Gasteiger partial charge in [-0.15, -0.1) is 0 Å². The van der Waals surface area contributed by atoms with Crippen molar-refractivity contribution in [3.05, 3.63) is 33.8 Å². The normalized spacial score (nSPS) is 13.2. The Morgan fingerprint density at radius 3 is 2.47 bits per heavy atom. The molecule has 0 spiro atoms. The fourth-order valence-corrected chi connectivity index (χ4v) is 2.12. The van der Waals surface area contributed by atoms with E-state index < -0.39 is 0 Å². The number of aliphatic hydroxyl groups excluding tert-OH is 1. The van der Waals surface area contributed by atoms with Gasteiger partial charge in [-0.2, -0.15) is 0 Å². The molecule has 0 amide bonds. The summed E-state index contributed by atoms with van der Waals surface area (Å²) in [6, 6.07) is 5.58. The van der Waals surface area contributed by atoms with Crippen molar-refractivity contribution in [2.75, 3.05) is 20.7 Å². The van der Waals surface area contributed by atoms with Gasteiger partial charge in [0.1, 0.15) is 0 Å². The lowest BCUT2D eigenvalue weighted by atomic mass is 10.0. The van der Waals surface area contributed by atoms with E-state index in [1.54, 1.807) is 6.07 Å². The Labute approximate surface area is 100 Å². The predicted octanol–water partition coefficient (Wildman–Crippen LogP) is 2.98. The van der Waals surface area contributed by atoms with Crippen molar-refractivity contribution >= 4 is 23.2 Å². The van der Waals surface area contributed by atoms with Crippen LogP contribution in [0.2, 0.25) is 10.0 Å². The van der Waals surface area contributed by atoms with Gasteiger partial charge < -0.3 is 10.0 Å². The van der Waals surface area contributed by atoms with Crippen LogP contribution >= 0.6 is 23.2 Å². The van der Waals surface area contributed by atoms with Crippen molar-refractivity contribution < 1.29 is 5.11 Å². The summed E-state index contributed by atoms with van der Waals surface area (Å²) in [5.74, 6) is 0. The van der Waals surface area contributed by atoms with Crippen molar-refractivity contribution in [2.45, 2.75) is 12.5 Å². The van der Waals surface area contributed by atoms with Gasteiger partial charge in [-0.05, 0) is 38.2 Å². The van der Waals surface area contributed by atoms with Gasteiger partial charge in [-0.25, -0.2) is 0 Å². The quantitative estimate of drug-likeness (QED) is 0.885. The average Bonchev–Trinajstić information content (AvgIpc) is 2.15. The molecule has 0 aliphatic heterocycles. The lowest BCUT2D eigenvalue weighted by Crippen LogP contribution is -2.21. The van der Waals surface area contributed by atoms with Gasteiger partial charge in [-0.1, -0.05) is 29.3 Å². The van der Waals surface area contributed by atoms with Gasteiger partial charge in [-0.3, -0.25) is 0 Å². The monoisotopic (exact) mass is 247 g/mol. The summed E-state index contributed by atoms with van der Waals surface area (Å²) in [6.07, 6.45) is 0.661. The zero-order chi connectivity index (χ0) is 11.4. The first-order valence-electron chi connectivity index (χ1n) is 4.78. The van der Waals surface area contributed by atoms with E-state index >= 15 is 0 Å². The molecule has 1 aromatic carbocycles. The Bertz CT molecular complexity index is 328. The second kappa shape index (κ2) is 5.71. The van der Waals surface area contributed by atoms with Gasteiger partial charge in [0.15, 0.2) is 0 Å². The SMILES string of the molecule is CN(C)C(CCO)c1ccc(Cl)cc1Cl. The third kappa shape index (κ3) is 3.35. The Hall–Kier alpha value is -0.280. The number of benzene rings is 1. The van der Waals surface area contributed by atoms with E-state index in [0.717, 1.165) is 5.56 Å². The van der Waals surface area contributed by atoms with Crippen LogP contribution < -0.4 is 0 Å². The highest BCUT2D eigenvalue weighted by atomic mass is 35.5.